The number of pyridine rings is 2. The van der Waals surface area contributed by atoms with Crippen molar-refractivity contribution in [2.75, 3.05) is 0 Å². The number of benzene rings is 8. The van der Waals surface area contributed by atoms with Gasteiger partial charge in [-0.05, 0) is 95.1 Å². The van der Waals surface area contributed by atoms with Crippen LogP contribution in [0.1, 0.15) is 16.7 Å². The average molecular weight is 909 g/mol. The first-order valence-corrected chi connectivity index (χ1v) is 22.6. The van der Waals surface area contributed by atoms with Gasteiger partial charge in [0.25, 0.3) is 0 Å². The predicted octanol–water partition coefficient (Wildman–Crippen LogP) is 15.8. The zero-order valence-corrected chi connectivity index (χ0v) is 37.0. The van der Waals surface area contributed by atoms with E-state index in [0.29, 0.717) is 22.4 Å². The molecular weight excluding hydrogens is 874 g/mol. The fourth-order valence-corrected chi connectivity index (χ4v) is 9.98. The highest BCUT2D eigenvalue weighted by Crippen LogP contribution is 2.46. The maximum atomic E-state index is 15.5. The van der Waals surface area contributed by atoms with Crippen LogP contribution in [-0.2, 0) is 6.18 Å². The van der Waals surface area contributed by atoms with Crippen LogP contribution in [0.5, 0.6) is 0 Å². The highest BCUT2D eigenvalue weighted by atomic mass is 19.4. The number of fused-ring (bicyclic) bond motifs is 6. The normalized spacial score (nSPS) is 11.6. The SMILES string of the molecule is N#Cc1cc(-n2c3ccccc3c3ccc(-c4ccnc(-c5ccccc5)c4)cc32)c(-c2c(C#N)cccc2C(F)(F)F)cc1-n1c2ccccc2c2ccc(-c3ccnc(-c4ccccc4)c3)cc21. The molecule has 0 aliphatic carbocycles. The van der Waals surface area contributed by atoms with Gasteiger partial charge < -0.3 is 9.13 Å². The van der Waals surface area contributed by atoms with E-state index in [1.165, 1.54) is 12.1 Å². The first kappa shape index (κ1) is 41.8. The minimum absolute atomic E-state index is 0.130. The third-order valence-electron chi connectivity index (χ3n) is 13.1. The second kappa shape index (κ2) is 16.6. The van der Waals surface area contributed by atoms with Gasteiger partial charge in [-0.2, -0.15) is 23.7 Å². The van der Waals surface area contributed by atoms with Crippen molar-refractivity contribution in [3.63, 3.8) is 0 Å². The second-order valence-corrected chi connectivity index (χ2v) is 17.1. The maximum absolute atomic E-state index is 15.5. The summed E-state index contributed by atoms with van der Waals surface area (Å²) in [7, 11) is 0. The van der Waals surface area contributed by atoms with Crippen molar-refractivity contribution in [2.45, 2.75) is 6.18 Å². The third-order valence-corrected chi connectivity index (χ3v) is 13.1. The number of nitrogens with zero attached hydrogens (tertiary/aromatic N) is 6. The molecule has 0 unspecified atom stereocenters. The van der Waals surface area contributed by atoms with Crippen LogP contribution in [0.2, 0.25) is 0 Å². The Labute approximate surface area is 399 Å². The van der Waals surface area contributed by atoms with Gasteiger partial charge in [0.15, 0.2) is 0 Å². The number of nitriles is 2. The number of alkyl halides is 3. The van der Waals surface area contributed by atoms with Crippen LogP contribution in [-0.4, -0.2) is 19.1 Å². The number of rotatable bonds is 7. The van der Waals surface area contributed by atoms with Gasteiger partial charge in [0.1, 0.15) is 6.07 Å². The van der Waals surface area contributed by atoms with E-state index in [2.05, 4.69) is 28.2 Å². The molecular formula is C61H35F3N6. The largest absolute Gasteiger partial charge is 0.417 e. The van der Waals surface area contributed by atoms with Gasteiger partial charge in [0.2, 0.25) is 0 Å². The Morgan fingerprint density at radius 3 is 1.37 bits per heavy atom. The van der Waals surface area contributed by atoms with Crippen LogP contribution in [0.25, 0.3) is 111 Å². The number of hydrogen-bond donors (Lipinski definition) is 0. The highest BCUT2D eigenvalue weighted by Gasteiger charge is 2.36. The molecule has 0 bridgehead atoms. The number of aromatic nitrogens is 4. The Kier molecular flexibility index (Phi) is 9.94. The lowest BCUT2D eigenvalue weighted by Crippen LogP contribution is -2.11. The van der Waals surface area contributed by atoms with Crippen molar-refractivity contribution >= 4 is 43.6 Å². The third kappa shape index (κ3) is 6.96. The molecule has 0 saturated heterocycles. The van der Waals surface area contributed by atoms with Crippen molar-refractivity contribution < 1.29 is 13.2 Å². The summed E-state index contributed by atoms with van der Waals surface area (Å²) in [6.07, 6.45) is -1.30. The standard InChI is InChI=1S/C61H35F3N6/c62-61(63,64)51-19-11-16-44(36-65)60(51)50-35-56(69-54-20-9-7-17-46(54)48-24-22-40(32-57(48)69)42-26-28-67-52(30-42)38-12-3-1-4-13-38)45(37-66)34-59(50)70-55-21-10-8-18-47(55)49-25-23-41(33-58(49)70)43-27-29-68-53(31-43)39-14-5-2-6-15-39/h1-35H. The zero-order chi connectivity index (χ0) is 47.5. The molecule has 0 atom stereocenters. The fourth-order valence-electron chi connectivity index (χ4n) is 9.98. The van der Waals surface area contributed by atoms with Gasteiger partial charge in [-0.3, -0.25) is 9.97 Å². The average Bonchev–Trinajstić information content (AvgIpc) is 3.92. The van der Waals surface area contributed by atoms with E-state index in [1.54, 1.807) is 24.5 Å². The van der Waals surface area contributed by atoms with Crippen molar-refractivity contribution in [3.05, 3.63) is 229 Å². The molecule has 4 heterocycles. The molecule has 8 aromatic carbocycles. The molecule has 0 fully saturated rings. The first-order chi connectivity index (χ1) is 34.3. The number of para-hydroxylation sites is 2. The second-order valence-electron chi connectivity index (χ2n) is 17.1. The summed E-state index contributed by atoms with van der Waals surface area (Å²) in [4.78, 5) is 9.30. The molecule has 0 aliphatic rings. The van der Waals surface area contributed by atoms with Gasteiger partial charge in [0, 0.05) is 56.2 Å². The van der Waals surface area contributed by atoms with E-state index in [-0.39, 0.29) is 22.3 Å². The van der Waals surface area contributed by atoms with Gasteiger partial charge in [0.05, 0.1) is 67.6 Å². The summed E-state index contributed by atoms with van der Waals surface area (Å²) in [5.41, 5.74) is 9.57. The first-order valence-electron chi connectivity index (χ1n) is 22.6. The quantitative estimate of drug-likeness (QED) is 0.159. The Hall–Kier alpha value is -9.57. The van der Waals surface area contributed by atoms with E-state index in [9.17, 15) is 10.5 Å². The molecule has 330 valence electrons. The Bertz CT molecular complexity index is 4140. The predicted molar refractivity (Wildman–Crippen MR) is 272 cm³/mol. The molecule has 12 rings (SSSR count). The highest BCUT2D eigenvalue weighted by molar-refractivity contribution is 6.12. The van der Waals surface area contributed by atoms with Crippen molar-refractivity contribution in [2.24, 2.45) is 0 Å². The van der Waals surface area contributed by atoms with Crippen LogP contribution in [0.15, 0.2) is 213 Å². The molecule has 70 heavy (non-hydrogen) atoms. The topological polar surface area (TPSA) is 83.2 Å². The Balaban J connectivity index is 1.16. The van der Waals surface area contributed by atoms with Crippen LogP contribution < -0.4 is 0 Å². The number of hydrogen-bond acceptors (Lipinski definition) is 4. The monoisotopic (exact) mass is 908 g/mol. The van der Waals surface area contributed by atoms with E-state index in [0.717, 1.165) is 83.4 Å². The minimum Gasteiger partial charge on any atom is -0.309 e. The molecule has 4 aromatic heterocycles. The van der Waals surface area contributed by atoms with Crippen LogP contribution in [0.3, 0.4) is 0 Å². The summed E-state index contributed by atoms with van der Waals surface area (Å²) >= 11 is 0. The molecule has 0 amide bonds. The smallest absolute Gasteiger partial charge is 0.309 e. The molecule has 12 aromatic rings. The van der Waals surface area contributed by atoms with Gasteiger partial charge in [-0.15, -0.1) is 0 Å². The van der Waals surface area contributed by atoms with E-state index in [1.807, 2.05) is 173 Å². The van der Waals surface area contributed by atoms with E-state index < -0.39 is 11.7 Å². The van der Waals surface area contributed by atoms with E-state index in [4.69, 9.17) is 0 Å². The van der Waals surface area contributed by atoms with E-state index >= 15 is 13.2 Å². The molecule has 0 spiro atoms. The van der Waals surface area contributed by atoms with Crippen molar-refractivity contribution in [1.29, 1.82) is 10.5 Å². The molecule has 9 heteroatoms. The Morgan fingerprint density at radius 2 is 0.857 bits per heavy atom. The minimum atomic E-state index is -4.84. The molecule has 0 aliphatic heterocycles. The number of halogens is 3. The molecule has 0 N–H and O–H groups in total. The summed E-state index contributed by atoms with van der Waals surface area (Å²) in [5.74, 6) is 0. The van der Waals surface area contributed by atoms with Crippen LogP contribution >= 0.6 is 0 Å². The molecule has 0 saturated carbocycles. The fraction of sp³-hybridized carbons (Fsp3) is 0.0164. The summed E-state index contributed by atoms with van der Waals surface area (Å²) < 4.78 is 50.5. The summed E-state index contributed by atoms with van der Waals surface area (Å²) in [6.45, 7) is 0. The lowest BCUT2D eigenvalue weighted by atomic mass is 9.91. The molecule has 0 radical (unpaired) electrons. The van der Waals surface area contributed by atoms with Crippen LogP contribution in [0, 0.1) is 22.7 Å². The van der Waals surface area contributed by atoms with Gasteiger partial charge in [-0.1, -0.05) is 127 Å². The maximum Gasteiger partial charge on any atom is 0.417 e. The van der Waals surface area contributed by atoms with Crippen LogP contribution in [0.4, 0.5) is 13.2 Å². The van der Waals surface area contributed by atoms with Gasteiger partial charge in [-0.25, -0.2) is 0 Å². The lowest BCUT2D eigenvalue weighted by molar-refractivity contribution is -0.137. The summed E-state index contributed by atoms with van der Waals surface area (Å²) in [6, 6.07) is 67.1. The molecule has 6 nitrogen and oxygen atoms in total. The zero-order valence-electron chi connectivity index (χ0n) is 37.0. The van der Waals surface area contributed by atoms with Crippen molar-refractivity contribution in [3.8, 4) is 79.4 Å². The van der Waals surface area contributed by atoms with Gasteiger partial charge >= 0.3 is 6.18 Å². The Morgan fingerprint density at radius 1 is 0.386 bits per heavy atom. The lowest BCUT2D eigenvalue weighted by Gasteiger charge is -2.22. The van der Waals surface area contributed by atoms with Crippen molar-refractivity contribution in [1.82, 2.24) is 19.1 Å². The summed E-state index contributed by atoms with van der Waals surface area (Å²) in [5, 5.41) is 25.5.